The molecule has 0 aliphatic rings. The minimum atomic E-state index is -1.17. The van der Waals surface area contributed by atoms with E-state index in [2.05, 4.69) is 20.5 Å². The lowest BCUT2D eigenvalue weighted by Crippen LogP contribution is -2.28. The Balaban J connectivity index is 2.15. The summed E-state index contributed by atoms with van der Waals surface area (Å²) in [6, 6.07) is 2.92. The highest BCUT2D eigenvalue weighted by Crippen LogP contribution is 2.13. The average molecular weight is 266 g/mol. The molecule has 2 rings (SSSR count). The zero-order valence-electron chi connectivity index (χ0n) is 10.4. The molecule has 0 saturated heterocycles. The van der Waals surface area contributed by atoms with Crippen LogP contribution in [0, 0.1) is 18.6 Å². The average Bonchev–Trinajstić information content (AvgIpc) is 2.79. The van der Waals surface area contributed by atoms with Gasteiger partial charge in [0.05, 0.1) is 11.6 Å². The van der Waals surface area contributed by atoms with Crippen molar-refractivity contribution in [3.05, 3.63) is 47.0 Å². The molecule has 100 valence electrons. The summed E-state index contributed by atoms with van der Waals surface area (Å²) in [4.78, 5) is 15.9. The predicted molar refractivity (Wildman–Crippen MR) is 63.4 cm³/mol. The van der Waals surface area contributed by atoms with Crippen LogP contribution in [0.5, 0.6) is 0 Å². The summed E-state index contributed by atoms with van der Waals surface area (Å²) in [7, 11) is 0. The number of nitrogens with zero attached hydrogens (tertiary/aromatic N) is 2. The number of hydrogen-bond donors (Lipinski definition) is 2. The monoisotopic (exact) mass is 266 g/mol. The molecule has 0 fully saturated rings. The van der Waals surface area contributed by atoms with Gasteiger partial charge < -0.3 is 5.32 Å². The number of amides is 1. The van der Waals surface area contributed by atoms with Crippen molar-refractivity contribution in [2.45, 2.75) is 19.9 Å². The fraction of sp³-hybridized carbons (Fsp3) is 0.250. The molecule has 0 saturated carbocycles. The topological polar surface area (TPSA) is 70.7 Å². The van der Waals surface area contributed by atoms with Crippen molar-refractivity contribution in [3.8, 4) is 0 Å². The van der Waals surface area contributed by atoms with E-state index >= 15 is 0 Å². The molecular formula is C12H12F2N4O. The zero-order chi connectivity index (χ0) is 14.0. The van der Waals surface area contributed by atoms with Gasteiger partial charge in [-0.2, -0.15) is 5.10 Å². The Morgan fingerprint density at radius 1 is 1.42 bits per heavy atom. The molecule has 1 heterocycles. The summed E-state index contributed by atoms with van der Waals surface area (Å²) >= 11 is 0. The molecule has 0 bridgehead atoms. The third-order valence-corrected chi connectivity index (χ3v) is 2.55. The lowest BCUT2D eigenvalue weighted by molar-refractivity contribution is 0.0933. The number of aryl methyl sites for hydroxylation is 1. The lowest BCUT2D eigenvalue weighted by Gasteiger charge is -2.11. The van der Waals surface area contributed by atoms with Crippen molar-refractivity contribution in [1.29, 1.82) is 0 Å². The van der Waals surface area contributed by atoms with Crippen molar-refractivity contribution in [1.82, 2.24) is 20.5 Å². The summed E-state index contributed by atoms with van der Waals surface area (Å²) in [6.45, 7) is 3.37. The molecule has 0 aliphatic carbocycles. The van der Waals surface area contributed by atoms with Crippen molar-refractivity contribution in [3.63, 3.8) is 0 Å². The quantitative estimate of drug-likeness (QED) is 0.891. The van der Waals surface area contributed by atoms with Crippen LogP contribution in [-0.2, 0) is 0 Å². The standard InChI is InChI=1S/C12H12F2N4O/c1-6(11-16-7(2)17-18-11)15-12(19)8-4-3-5-9(13)10(8)14/h3-6H,1-2H3,(H,15,19)(H,16,17,18)/t6-/m0/s1. The van der Waals surface area contributed by atoms with E-state index in [0.717, 1.165) is 6.07 Å². The first-order chi connectivity index (χ1) is 8.99. The second-order valence-electron chi connectivity index (χ2n) is 4.08. The summed E-state index contributed by atoms with van der Waals surface area (Å²) in [6.07, 6.45) is 0. The Labute approximate surface area is 108 Å². The minimum Gasteiger partial charge on any atom is -0.342 e. The first kappa shape index (κ1) is 13.1. The van der Waals surface area contributed by atoms with Crippen LogP contribution in [0.15, 0.2) is 18.2 Å². The summed E-state index contributed by atoms with van der Waals surface area (Å²) in [5, 5.41) is 9.02. The van der Waals surface area contributed by atoms with E-state index < -0.39 is 23.6 Å². The van der Waals surface area contributed by atoms with E-state index in [1.807, 2.05) is 0 Å². The van der Waals surface area contributed by atoms with Gasteiger partial charge in [-0.3, -0.25) is 9.89 Å². The van der Waals surface area contributed by atoms with Crippen LogP contribution in [-0.4, -0.2) is 21.1 Å². The zero-order valence-corrected chi connectivity index (χ0v) is 10.4. The fourth-order valence-electron chi connectivity index (χ4n) is 1.57. The normalized spacial score (nSPS) is 12.2. The van der Waals surface area contributed by atoms with Crippen LogP contribution in [0.4, 0.5) is 8.78 Å². The van der Waals surface area contributed by atoms with Crippen LogP contribution in [0.1, 0.15) is 35.0 Å². The highest BCUT2D eigenvalue weighted by atomic mass is 19.2. The molecule has 1 amide bonds. The van der Waals surface area contributed by atoms with Crippen molar-refractivity contribution >= 4 is 5.91 Å². The Hall–Kier alpha value is -2.31. The highest BCUT2D eigenvalue weighted by molar-refractivity contribution is 5.94. The van der Waals surface area contributed by atoms with Crippen molar-refractivity contribution in [2.24, 2.45) is 0 Å². The Bertz CT molecular complexity index is 612. The second kappa shape index (κ2) is 5.13. The molecule has 7 heteroatoms. The summed E-state index contributed by atoms with van der Waals surface area (Å²) in [5.74, 6) is -1.96. The van der Waals surface area contributed by atoms with E-state index in [-0.39, 0.29) is 5.56 Å². The highest BCUT2D eigenvalue weighted by Gasteiger charge is 2.19. The molecular weight excluding hydrogens is 254 g/mol. The van der Waals surface area contributed by atoms with Gasteiger partial charge in [-0.25, -0.2) is 13.8 Å². The third kappa shape index (κ3) is 2.75. The molecule has 2 aromatic rings. The number of hydrogen-bond acceptors (Lipinski definition) is 3. The SMILES string of the molecule is Cc1nc([C@H](C)NC(=O)c2cccc(F)c2F)n[nH]1. The van der Waals surface area contributed by atoms with Crippen LogP contribution >= 0.6 is 0 Å². The van der Waals surface area contributed by atoms with Crippen LogP contribution in [0.3, 0.4) is 0 Å². The Morgan fingerprint density at radius 2 is 2.16 bits per heavy atom. The largest absolute Gasteiger partial charge is 0.342 e. The number of carbonyl (C=O) groups is 1. The Morgan fingerprint density at radius 3 is 2.79 bits per heavy atom. The number of halogens is 2. The smallest absolute Gasteiger partial charge is 0.254 e. The number of aromatic nitrogens is 3. The summed E-state index contributed by atoms with van der Waals surface area (Å²) in [5.41, 5.74) is -0.348. The van der Waals surface area contributed by atoms with Gasteiger partial charge in [-0.15, -0.1) is 0 Å². The van der Waals surface area contributed by atoms with E-state index in [9.17, 15) is 13.6 Å². The van der Waals surface area contributed by atoms with E-state index in [0.29, 0.717) is 11.6 Å². The number of carbonyl (C=O) groups excluding carboxylic acids is 1. The van der Waals surface area contributed by atoms with E-state index in [4.69, 9.17) is 0 Å². The first-order valence-corrected chi connectivity index (χ1v) is 5.63. The maximum atomic E-state index is 13.4. The van der Waals surface area contributed by atoms with Crippen molar-refractivity contribution < 1.29 is 13.6 Å². The number of benzene rings is 1. The summed E-state index contributed by atoms with van der Waals surface area (Å²) < 4.78 is 26.5. The van der Waals surface area contributed by atoms with Gasteiger partial charge in [0, 0.05) is 0 Å². The third-order valence-electron chi connectivity index (χ3n) is 2.55. The van der Waals surface area contributed by atoms with Crippen LogP contribution in [0.2, 0.25) is 0 Å². The van der Waals surface area contributed by atoms with Gasteiger partial charge in [0.1, 0.15) is 5.82 Å². The lowest BCUT2D eigenvalue weighted by atomic mass is 10.1. The van der Waals surface area contributed by atoms with Gasteiger partial charge >= 0.3 is 0 Å². The molecule has 1 aromatic carbocycles. The van der Waals surface area contributed by atoms with Gasteiger partial charge in [0.25, 0.3) is 5.91 Å². The van der Waals surface area contributed by atoms with Gasteiger partial charge in [0.15, 0.2) is 17.5 Å². The van der Waals surface area contributed by atoms with E-state index in [1.54, 1.807) is 13.8 Å². The minimum absolute atomic E-state index is 0.348. The molecule has 0 unspecified atom stereocenters. The molecule has 1 aromatic heterocycles. The predicted octanol–water partition coefficient (Wildman–Crippen LogP) is 1.88. The second-order valence-corrected chi connectivity index (χ2v) is 4.08. The molecule has 2 N–H and O–H groups in total. The van der Waals surface area contributed by atoms with Crippen molar-refractivity contribution in [2.75, 3.05) is 0 Å². The van der Waals surface area contributed by atoms with Crippen LogP contribution in [0.25, 0.3) is 0 Å². The number of nitrogens with one attached hydrogen (secondary N) is 2. The molecule has 0 radical (unpaired) electrons. The van der Waals surface area contributed by atoms with E-state index in [1.165, 1.54) is 12.1 Å². The molecule has 19 heavy (non-hydrogen) atoms. The molecule has 1 atom stereocenters. The van der Waals surface area contributed by atoms with Gasteiger partial charge in [0.2, 0.25) is 0 Å². The van der Waals surface area contributed by atoms with Gasteiger partial charge in [-0.05, 0) is 26.0 Å². The maximum Gasteiger partial charge on any atom is 0.254 e. The number of aromatic amines is 1. The fourth-order valence-corrected chi connectivity index (χ4v) is 1.57. The number of rotatable bonds is 3. The first-order valence-electron chi connectivity index (χ1n) is 5.63. The Kier molecular flexibility index (Phi) is 3.55. The molecule has 0 spiro atoms. The van der Waals surface area contributed by atoms with Crippen LogP contribution < -0.4 is 5.32 Å². The van der Waals surface area contributed by atoms with Gasteiger partial charge in [-0.1, -0.05) is 6.07 Å². The molecule has 5 nitrogen and oxygen atoms in total. The maximum absolute atomic E-state index is 13.4. The number of H-pyrrole nitrogens is 1. The molecule has 0 aliphatic heterocycles.